The lowest BCUT2D eigenvalue weighted by molar-refractivity contribution is 0.139. The van der Waals surface area contributed by atoms with Crippen LogP contribution in [-0.2, 0) is 0 Å². The highest BCUT2D eigenvalue weighted by atomic mass is 15.2. The van der Waals surface area contributed by atoms with E-state index in [-0.39, 0.29) is 0 Å². The Kier molecular flexibility index (Phi) is 4.90. The van der Waals surface area contributed by atoms with Crippen LogP contribution in [0.5, 0.6) is 0 Å². The summed E-state index contributed by atoms with van der Waals surface area (Å²) in [5.41, 5.74) is 0. The molecule has 0 N–H and O–H groups in total. The Balaban J connectivity index is 2.35. The van der Waals surface area contributed by atoms with E-state index in [1.54, 1.807) is 0 Å². The molecule has 1 aliphatic rings. The highest BCUT2D eigenvalue weighted by molar-refractivity contribution is 4.71. The molecule has 0 aromatic carbocycles. The molecule has 0 aromatic heterocycles. The minimum Gasteiger partial charge on any atom is -0.301 e. The summed E-state index contributed by atoms with van der Waals surface area (Å²) in [4.78, 5) is 5.22. The summed E-state index contributed by atoms with van der Waals surface area (Å²) in [7, 11) is 0. The highest BCUT2D eigenvalue weighted by Gasteiger charge is 2.15. The number of hydrogen-bond acceptors (Lipinski definition) is 2. The summed E-state index contributed by atoms with van der Waals surface area (Å²) in [5.74, 6) is 0. The summed E-state index contributed by atoms with van der Waals surface area (Å²) in [6.07, 6.45) is 2.66. The van der Waals surface area contributed by atoms with Crippen LogP contribution in [0.1, 0.15) is 40.5 Å². The first-order chi connectivity index (χ1) is 6.61. The van der Waals surface area contributed by atoms with Crippen molar-refractivity contribution >= 4 is 0 Å². The van der Waals surface area contributed by atoms with Crippen LogP contribution >= 0.6 is 0 Å². The molecular weight excluding hydrogens is 172 g/mol. The fraction of sp³-hybridized carbons (Fsp3) is 1.00. The number of rotatable bonds is 2. The topological polar surface area (TPSA) is 6.48 Å². The maximum absolute atomic E-state index is 2.61. The van der Waals surface area contributed by atoms with Gasteiger partial charge in [0.15, 0.2) is 0 Å². The van der Waals surface area contributed by atoms with Gasteiger partial charge in [-0.25, -0.2) is 0 Å². The van der Waals surface area contributed by atoms with Gasteiger partial charge in [-0.15, -0.1) is 0 Å². The van der Waals surface area contributed by atoms with Crippen molar-refractivity contribution in [1.82, 2.24) is 9.80 Å². The lowest BCUT2D eigenvalue weighted by Crippen LogP contribution is -2.41. The van der Waals surface area contributed by atoms with Gasteiger partial charge in [-0.3, -0.25) is 0 Å². The molecule has 0 radical (unpaired) electrons. The van der Waals surface area contributed by atoms with E-state index in [0.29, 0.717) is 0 Å². The largest absolute Gasteiger partial charge is 0.301 e. The molecule has 1 heterocycles. The molecule has 1 rings (SSSR count). The molecule has 2 nitrogen and oxygen atoms in total. The standard InChI is InChI=1S/C12H26N2/c1-11(2)13-7-5-9-14(12(3)4)10-6-8-13/h11-12H,5-10H2,1-4H3. The fourth-order valence-electron chi connectivity index (χ4n) is 2.21. The zero-order chi connectivity index (χ0) is 10.6. The van der Waals surface area contributed by atoms with Gasteiger partial charge in [0, 0.05) is 12.1 Å². The average molecular weight is 198 g/mol. The van der Waals surface area contributed by atoms with Gasteiger partial charge in [-0.2, -0.15) is 0 Å². The molecule has 1 fully saturated rings. The zero-order valence-electron chi connectivity index (χ0n) is 10.3. The average Bonchev–Trinajstić information content (AvgIpc) is 2.01. The van der Waals surface area contributed by atoms with E-state index in [4.69, 9.17) is 0 Å². The van der Waals surface area contributed by atoms with Crippen molar-refractivity contribution < 1.29 is 0 Å². The molecule has 84 valence electrons. The molecule has 0 amide bonds. The van der Waals surface area contributed by atoms with Gasteiger partial charge in [-0.05, 0) is 66.7 Å². The third kappa shape index (κ3) is 3.58. The third-order valence-electron chi connectivity index (χ3n) is 3.24. The van der Waals surface area contributed by atoms with E-state index in [9.17, 15) is 0 Å². The summed E-state index contributed by atoms with van der Waals surface area (Å²) < 4.78 is 0. The summed E-state index contributed by atoms with van der Waals surface area (Å²) >= 11 is 0. The predicted octanol–water partition coefficient (Wildman–Crippen LogP) is 2.20. The van der Waals surface area contributed by atoms with E-state index in [1.807, 2.05) is 0 Å². The van der Waals surface area contributed by atoms with E-state index >= 15 is 0 Å². The zero-order valence-corrected chi connectivity index (χ0v) is 10.3. The van der Waals surface area contributed by atoms with Crippen molar-refractivity contribution in [2.24, 2.45) is 0 Å². The Morgan fingerprint density at radius 3 is 1.14 bits per heavy atom. The summed E-state index contributed by atoms with van der Waals surface area (Å²) in [6, 6.07) is 1.45. The molecular formula is C12H26N2. The Morgan fingerprint density at radius 1 is 0.643 bits per heavy atom. The second kappa shape index (κ2) is 5.72. The first kappa shape index (κ1) is 12.0. The Morgan fingerprint density at radius 2 is 0.929 bits per heavy atom. The monoisotopic (exact) mass is 198 g/mol. The van der Waals surface area contributed by atoms with Crippen molar-refractivity contribution in [3.05, 3.63) is 0 Å². The second-order valence-electron chi connectivity index (χ2n) is 4.97. The van der Waals surface area contributed by atoms with Crippen molar-refractivity contribution in [2.45, 2.75) is 52.6 Å². The SMILES string of the molecule is CC(C)N1CCCN(C(C)C)CCC1. The minimum absolute atomic E-state index is 0.723. The van der Waals surface area contributed by atoms with Crippen LogP contribution in [0.2, 0.25) is 0 Å². The van der Waals surface area contributed by atoms with Gasteiger partial charge in [0.05, 0.1) is 0 Å². The quantitative estimate of drug-likeness (QED) is 0.671. The Bertz CT molecular complexity index is 128. The second-order valence-corrected chi connectivity index (χ2v) is 4.97. The molecule has 0 aliphatic carbocycles. The molecule has 0 bridgehead atoms. The van der Waals surface area contributed by atoms with Gasteiger partial charge in [0.1, 0.15) is 0 Å². The van der Waals surface area contributed by atoms with Gasteiger partial charge in [-0.1, -0.05) is 0 Å². The van der Waals surface area contributed by atoms with E-state index in [0.717, 1.165) is 12.1 Å². The van der Waals surface area contributed by atoms with Crippen molar-refractivity contribution in [3.63, 3.8) is 0 Å². The maximum Gasteiger partial charge on any atom is 0.00386 e. The minimum atomic E-state index is 0.723. The van der Waals surface area contributed by atoms with E-state index in [1.165, 1.54) is 39.0 Å². The van der Waals surface area contributed by atoms with Gasteiger partial charge in [0.2, 0.25) is 0 Å². The van der Waals surface area contributed by atoms with Crippen LogP contribution in [0.4, 0.5) is 0 Å². The molecule has 0 spiro atoms. The first-order valence-electron chi connectivity index (χ1n) is 6.09. The fourth-order valence-corrected chi connectivity index (χ4v) is 2.21. The van der Waals surface area contributed by atoms with Crippen LogP contribution in [0.25, 0.3) is 0 Å². The maximum atomic E-state index is 2.61. The molecule has 14 heavy (non-hydrogen) atoms. The molecule has 2 heteroatoms. The highest BCUT2D eigenvalue weighted by Crippen LogP contribution is 2.09. The molecule has 0 unspecified atom stereocenters. The third-order valence-corrected chi connectivity index (χ3v) is 3.24. The van der Waals surface area contributed by atoms with E-state index in [2.05, 4.69) is 37.5 Å². The van der Waals surface area contributed by atoms with Crippen molar-refractivity contribution in [3.8, 4) is 0 Å². The predicted molar refractivity (Wildman–Crippen MR) is 62.7 cm³/mol. The Labute approximate surface area is 89.3 Å². The molecule has 1 saturated heterocycles. The van der Waals surface area contributed by atoms with Crippen LogP contribution in [-0.4, -0.2) is 48.1 Å². The Hall–Kier alpha value is -0.0800. The van der Waals surface area contributed by atoms with Gasteiger partial charge >= 0.3 is 0 Å². The van der Waals surface area contributed by atoms with Crippen LogP contribution in [0.15, 0.2) is 0 Å². The van der Waals surface area contributed by atoms with Crippen LogP contribution in [0, 0.1) is 0 Å². The normalized spacial score (nSPS) is 22.7. The lowest BCUT2D eigenvalue weighted by atomic mass is 10.2. The van der Waals surface area contributed by atoms with Crippen molar-refractivity contribution in [1.29, 1.82) is 0 Å². The van der Waals surface area contributed by atoms with Gasteiger partial charge in [0.25, 0.3) is 0 Å². The number of nitrogens with zero attached hydrogens (tertiary/aromatic N) is 2. The molecule has 1 aliphatic heterocycles. The number of hydrogen-bond donors (Lipinski definition) is 0. The summed E-state index contributed by atoms with van der Waals surface area (Å²) in [6.45, 7) is 14.3. The van der Waals surface area contributed by atoms with Gasteiger partial charge < -0.3 is 9.80 Å². The van der Waals surface area contributed by atoms with E-state index < -0.39 is 0 Å². The molecule has 0 atom stereocenters. The van der Waals surface area contributed by atoms with Crippen LogP contribution < -0.4 is 0 Å². The summed E-state index contributed by atoms with van der Waals surface area (Å²) in [5, 5.41) is 0. The van der Waals surface area contributed by atoms with Crippen LogP contribution in [0.3, 0.4) is 0 Å². The first-order valence-corrected chi connectivity index (χ1v) is 6.09. The lowest BCUT2D eigenvalue weighted by Gasteiger charge is -2.34. The molecule has 0 saturated carbocycles. The molecule has 0 aromatic rings. The van der Waals surface area contributed by atoms with Crippen molar-refractivity contribution in [2.75, 3.05) is 26.2 Å². The smallest absolute Gasteiger partial charge is 0.00386 e.